The van der Waals surface area contributed by atoms with Crippen molar-refractivity contribution in [2.75, 3.05) is 5.32 Å². The molecule has 2 rings (SSSR count). The van der Waals surface area contributed by atoms with Crippen LogP contribution in [0.2, 0.25) is 0 Å². The van der Waals surface area contributed by atoms with Crippen molar-refractivity contribution in [2.45, 2.75) is 112 Å². The van der Waals surface area contributed by atoms with Gasteiger partial charge >= 0.3 is 6.09 Å². The predicted molar refractivity (Wildman–Crippen MR) is 164 cm³/mol. The first-order valence-corrected chi connectivity index (χ1v) is 14.4. The first-order chi connectivity index (χ1) is 18.9. The summed E-state index contributed by atoms with van der Waals surface area (Å²) >= 11 is 0. The number of rotatable bonds is 10. The first kappa shape index (κ1) is 33.7. The summed E-state index contributed by atoms with van der Waals surface area (Å²) in [5.41, 5.74) is 2.09. The van der Waals surface area contributed by atoms with Crippen molar-refractivity contribution >= 4 is 23.6 Å². The maximum atomic E-state index is 14.6. The van der Waals surface area contributed by atoms with Gasteiger partial charge in [0.1, 0.15) is 23.4 Å². The zero-order valence-corrected chi connectivity index (χ0v) is 26.6. The van der Waals surface area contributed by atoms with Gasteiger partial charge in [-0.05, 0) is 102 Å². The number of hydrogen-bond donors (Lipinski definition) is 3. The Balaban J connectivity index is 2.74. The summed E-state index contributed by atoms with van der Waals surface area (Å²) in [6.07, 6.45) is 0.467. The van der Waals surface area contributed by atoms with E-state index in [0.29, 0.717) is 29.7 Å². The summed E-state index contributed by atoms with van der Waals surface area (Å²) in [7, 11) is 0. The second kappa shape index (κ2) is 13.4. The fourth-order valence-corrected chi connectivity index (χ4v) is 4.68. The minimum atomic E-state index is -1.05. The summed E-state index contributed by atoms with van der Waals surface area (Å²) in [4.78, 5) is 43.4. The smallest absolute Gasteiger partial charge is 0.408 e. The van der Waals surface area contributed by atoms with Crippen molar-refractivity contribution in [3.05, 3.63) is 58.7 Å². The van der Waals surface area contributed by atoms with E-state index in [2.05, 4.69) is 10.6 Å². The molecule has 0 heterocycles. The molecular formula is C33H49N3O5. The van der Waals surface area contributed by atoms with Crippen LogP contribution in [0.25, 0.3) is 0 Å². The van der Waals surface area contributed by atoms with E-state index in [9.17, 15) is 19.5 Å². The van der Waals surface area contributed by atoms with Crippen molar-refractivity contribution in [1.82, 2.24) is 10.2 Å². The number of nitrogens with one attached hydrogen (secondary N) is 2. The Hall–Kier alpha value is -3.55. The standard InChI is InChI=1S/C33H49N3O5/c1-12-20(3)27(35-31(40)41-32(7,8)9)30(39)36(33(10,11)13-2)28(24-17-18-25(37)23(6)19-24)29(38)34-26-21(4)15-14-16-22(26)5/h14-20,27-28,37H,12-13H2,1-11H3,(H,34,38)(H,35,40). The minimum Gasteiger partial charge on any atom is -0.508 e. The average Bonchev–Trinajstić information content (AvgIpc) is 2.87. The third-order valence-electron chi connectivity index (χ3n) is 7.68. The third kappa shape index (κ3) is 8.47. The molecule has 0 spiro atoms. The molecule has 2 aromatic rings. The zero-order chi connectivity index (χ0) is 31.3. The summed E-state index contributed by atoms with van der Waals surface area (Å²) in [6.45, 7) is 20.5. The lowest BCUT2D eigenvalue weighted by Crippen LogP contribution is -2.60. The van der Waals surface area contributed by atoms with Crippen LogP contribution < -0.4 is 10.6 Å². The van der Waals surface area contributed by atoms with Crippen LogP contribution in [0.1, 0.15) is 96.5 Å². The molecule has 2 aromatic carbocycles. The highest BCUT2D eigenvalue weighted by atomic mass is 16.6. The molecular weight excluding hydrogens is 518 g/mol. The van der Waals surface area contributed by atoms with E-state index >= 15 is 0 Å². The summed E-state index contributed by atoms with van der Waals surface area (Å²) in [6, 6.07) is 8.72. The topological polar surface area (TPSA) is 108 Å². The number of aryl methyl sites for hydroxylation is 3. The third-order valence-corrected chi connectivity index (χ3v) is 7.68. The van der Waals surface area contributed by atoms with Crippen LogP contribution in [0.5, 0.6) is 5.75 Å². The highest BCUT2D eigenvalue weighted by molar-refractivity contribution is 6.00. The highest BCUT2D eigenvalue weighted by Crippen LogP contribution is 2.36. The van der Waals surface area contributed by atoms with Gasteiger partial charge in [0.25, 0.3) is 5.91 Å². The van der Waals surface area contributed by atoms with Crippen LogP contribution >= 0.6 is 0 Å². The van der Waals surface area contributed by atoms with Gasteiger partial charge in [0.15, 0.2) is 0 Å². The first-order valence-electron chi connectivity index (χ1n) is 14.4. The van der Waals surface area contributed by atoms with Gasteiger partial charge in [-0.25, -0.2) is 4.79 Å². The Bertz CT molecular complexity index is 1230. The molecule has 0 bridgehead atoms. The van der Waals surface area contributed by atoms with Gasteiger partial charge in [-0.15, -0.1) is 0 Å². The molecule has 3 atom stereocenters. The molecule has 0 saturated heterocycles. The van der Waals surface area contributed by atoms with Crippen molar-refractivity contribution in [3.63, 3.8) is 0 Å². The number of para-hydroxylation sites is 1. The molecule has 0 aliphatic heterocycles. The van der Waals surface area contributed by atoms with Gasteiger partial charge in [0.05, 0.1) is 0 Å². The largest absolute Gasteiger partial charge is 0.508 e. The quantitative estimate of drug-likeness (QED) is 0.288. The van der Waals surface area contributed by atoms with Crippen molar-refractivity contribution in [2.24, 2.45) is 5.92 Å². The van der Waals surface area contributed by atoms with E-state index < -0.39 is 29.3 Å². The summed E-state index contributed by atoms with van der Waals surface area (Å²) in [5, 5.41) is 16.2. The number of carbonyl (C=O) groups excluding carboxylic acids is 3. The SMILES string of the molecule is CCC(C)C(NC(=O)OC(C)(C)C)C(=O)N(C(C(=O)Nc1c(C)cccc1C)c1ccc(O)c(C)c1)C(C)(C)CC. The summed E-state index contributed by atoms with van der Waals surface area (Å²) in [5.74, 6) is -0.916. The van der Waals surface area contributed by atoms with Gasteiger partial charge in [0, 0.05) is 11.2 Å². The van der Waals surface area contributed by atoms with Crippen LogP contribution in [-0.2, 0) is 14.3 Å². The monoisotopic (exact) mass is 567 g/mol. The van der Waals surface area contributed by atoms with E-state index in [-0.39, 0.29) is 23.5 Å². The number of phenols is 1. The van der Waals surface area contributed by atoms with Gasteiger partial charge < -0.3 is 25.4 Å². The van der Waals surface area contributed by atoms with E-state index in [1.807, 2.05) is 66.7 Å². The predicted octanol–water partition coefficient (Wildman–Crippen LogP) is 6.95. The molecule has 8 heteroatoms. The van der Waals surface area contributed by atoms with E-state index in [0.717, 1.165) is 11.1 Å². The number of alkyl carbamates (subject to hydrolysis) is 1. The average molecular weight is 568 g/mol. The number of phenolic OH excluding ortho intramolecular Hbond substituents is 1. The molecule has 0 radical (unpaired) electrons. The molecule has 3 N–H and O–H groups in total. The van der Waals surface area contributed by atoms with Crippen molar-refractivity contribution < 1.29 is 24.2 Å². The number of ether oxygens (including phenoxy) is 1. The van der Waals surface area contributed by atoms with Crippen molar-refractivity contribution in [1.29, 1.82) is 0 Å². The molecule has 41 heavy (non-hydrogen) atoms. The number of carbonyl (C=O) groups is 3. The highest BCUT2D eigenvalue weighted by Gasteiger charge is 2.44. The van der Waals surface area contributed by atoms with Crippen LogP contribution in [0.4, 0.5) is 10.5 Å². The maximum absolute atomic E-state index is 14.6. The molecule has 0 aromatic heterocycles. The number of aromatic hydroxyl groups is 1. The Morgan fingerprint density at radius 2 is 1.54 bits per heavy atom. The van der Waals surface area contributed by atoms with Gasteiger partial charge in [-0.1, -0.05) is 51.5 Å². The lowest BCUT2D eigenvalue weighted by Gasteiger charge is -2.45. The molecule has 3 unspecified atom stereocenters. The van der Waals surface area contributed by atoms with Crippen LogP contribution in [-0.4, -0.2) is 45.1 Å². The Kier molecular flexibility index (Phi) is 11.0. The lowest BCUT2D eigenvalue weighted by molar-refractivity contribution is -0.148. The molecule has 0 fully saturated rings. The normalized spacial score (nSPS) is 14.0. The second-order valence-electron chi connectivity index (χ2n) is 12.6. The van der Waals surface area contributed by atoms with Crippen LogP contribution in [0.15, 0.2) is 36.4 Å². The molecule has 0 aliphatic rings. The molecule has 0 saturated carbocycles. The van der Waals surface area contributed by atoms with Gasteiger partial charge in [0.2, 0.25) is 5.91 Å². The minimum absolute atomic E-state index is 0.0966. The van der Waals surface area contributed by atoms with Crippen molar-refractivity contribution in [3.8, 4) is 5.75 Å². The fraction of sp³-hybridized carbons (Fsp3) is 0.545. The maximum Gasteiger partial charge on any atom is 0.408 e. The lowest BCUT2D eigenvalue weighted by atomic mass is 9.89. The van der Waals surface area contributed by atoms with Gasteiger partial charge in [-0.3, -0.25) is 9.59 Å². The number of benzene rings is 2. The van der Waals surface area contributed by atoms with E-state index in [1.165, 1.54) is 6.07 Å². The number of anilines is 1. The van der Waals surface area contributed by atoms with Crippen LogP contribution in [0.3, 0.4) is 0 Å². The Labute approximate surface area is 245 Å². The molecule has 3 amide bonds. The van der Waals surface area contributed by atoms with Gasteiger partial charge in [-0.2, -0.15) is 0 Å². The fourth-order valence-electron chi connectivity index (χ4n) is 4.68. The molecule has 0 aliphatic carbocycles. The number of amides is 3. The molecule has 8 nitrogen and oxygen atoms in total. The van der Waals surface area contributed by atoms with E-state index in [1.54, 1.807) is 44.7 Å². The Morgan fingerprint density at radius 3 is 2.02 bits per heavy atom. The van der Waals surface area contributed by atoms with Crippen LogP contribution in [0, 0.1) is 26.7 Å². The second-order valence-corrected chi connectivity index (χ2v) is 12.6. The number of nitrogens with zero attached hydrogens (tertiary/aromatic N) is 1. The molecule has 226 valence electrons. The summed E-state index contributed by atoms with van der Waals surface area (Å²) < 4.78 is 5.50. The zero-order valence-electron chi connectivity index (χ0n) is 26.6. The Morgan fingerprint density at radius 1 is 0.951 bits per heavy atom. The number of hydrogen-bond acceptors (Lipinski definition) is 5. The van der Waals surface area contributed by atoms with E-state index in [4.69, 9.17) is 4.74 Å².